The quantitative estimate of drug-likeness (QED) is 0.609. The van der Waals surface area contributed by atoms with Gasteiger partial charge in [0.2, 0.25) is 0 Å². The van der Waals surface area contributed by atoms with E-state index in [1.807, 2.05) is 18.2 Å². The monoisotopic (exact) mass is 400 g/mol. The Hall–Kier alpha value is -4.56. The molecule has 30 heavy (non-hydrogen) atoms. The molecule has 0 spiro atoms. The van der Waals surface area contributed by atoms with Gasteiger partial charge >= 0.3 is 5.69 Å². The molecule has 8 heteroatoms. The lowest BCUT2D eigenvalue weighted by Gasteiger charge is -2.13. The Kier molecular flexibility index (Phi) is 6.44. The van der Waals surface area contributed by atoms with E-state index in [1.165, 1.54) is 22.9 Å². The summed E-state index contributed by atoms with van der Waals surface area (Å²) in [6.45, 7) is 0.308. The van der Waals surface area contributed by atoms with Crippen molar-refractivity contribution in [2.75, 3.05) is 6.61 Å². The normalized spacial score (nSPS) is 10.3. The first-order valence-corrected chi connectivity index (χ1v) is 8.90. The number of nitrogens with zero attached hydrogens (tertiary/aromatic N) is 3. The number of nitriles is 2. The number of H-pyrrole nitrogens is 1. The number of benzene rings is 2. The van der Waals surface area contributed by atoms with Crippen molar-refractivity contribution in [3.05, 3.63) is 92.8 Å². The second kappa shape index (κ2) is 9.58. The zero-order chi connectivity index (χ0) is 21.3. The van der Waals surface area contributed by atoms with Crippen LogP contribution in [0.1, 0.15) is 11.1 Å². The molecule has 0 aliphatic heterocycles. The summed E-state index contributed by atoms with van der Waals surface area (Å²) in [6.07, 6.45) is 4.41. The summed E-state index contributed by atoms with van der Waals surface area (Å²) >= 11 is 0. The van der Waals surface area contributed by atoms with Crippen LogP contribution >= 0.6 is 0 Å². The smallest absolute Gasteiger partial charge is 0.328 e. The van der Waals surface area contributed by atoms with Crippen LogP contribution in [-0.4, -0.2) is 16.2 Å². The molecule has 0 aliphatic carbocycles. The molecule has 0 bridgehead atoms. The van der Waals surface area contributed by atoms with E-state index >= 15 is 0 Å². The van der Waals surface area contributed by atoms with Crippen molar-refractivity contribution >= 4 is 6.08 Å². The van der Waals surface area contributed by atoms with Gasteiger partial charge in [-0.1, -0.05) is 12.1 Å². The fraction of sp³-hybridized carbons (Fsp3) is 0.0909. The fourth-order valence-corrected chi connectivity index (χ4v) is 2.59. The Labute approximate surface area is 171 Å². The van der Waals surface area contributed by atoms with Gasteiger partial charge in [-0.05, 0) is 35.9 Å². The van der Waals surface area contributed by atoms with Crippen molar-refractivity contribution in [1.82, 2.24) is 9.55 Å². The van der Waals surface area contributed by atoms with Gasteiger partial charge in [0.15, 0.2) is 11.5 Å². The first-order chi connectivity index (χ1) is 14.6. The van der Waals surface area contributed by atoms with Gasteiger partial charge in [-0.25, -0.2) is 4.79 Å². The Morgan fingerprint density at radius 2 is 1.93 bits per heavy atom. The van der Waals surface area contributed by atoms with Crippen molar-refractivity contribution in [3.63, 3.8) is 0 Å². The Balaban J connectivity index is 1.78. The minimum atomic E-state index is -0.532. The Bertz CT molecular complexity index is 1280. The van der Waals surface area contributed by atoms with E-state index in [1.54, 1.807) is 42.5 Å². The maximum atomic E-state index is 11.8. The van der Waals surface area contributed by atoms with Gasteiger partial charge in [-0.2, -0.15) is 10.5 Å². The van der Waals surface area contributed by atoms with Crippen LogP contribution in [0.25, 0.3) is 6.08 Å². The molecular formula is C22H16N4O4. The maximum Gasteiger partial charge on any atom is 0.328 e. The predicted molar refractivity (Wildman–Crippen MR) is 109 cm³/mol. The number of ether oxygens (including phenoxy) is 2. The van der Waals surface area contributed by atoms with Gasteiger partial charge in [-0.3, -0.25) is 14.3 Å². The summed E-state index contributed by atoms with van der Waals surface area (Å²) in [5.74, 6) is 1.26. The molecule has 3 rings (SSSR count). The standard InChI is InChI=1S/C22H16N4O4/c23-9-2-4-16-3-1-5-18(13-16)30-19-7-6-17(15-24)14-20(19)29-12-11-26-10-8-21(27)25-22(26)28/h1-8,10,13-14H,11-12H2,(H,25,27,28)/b4-2+. The van der Waals surface area contributed by atoms with E-state index in [0.29, 0.717) is 22.8 Å². The number of rotatable bonds is 7. The van der Waals surface area contributed by atoms with Crippen molar-refractivity contribution in [2.45, 2.75) is 6.54 Å². The van der Waals surface area contributed by atoms with Crippen LogP contribution in [-0.2, 0) is 6.54 Å². The summed E-state index contributed by atoms with van der Waals surface area (Å²) in [5.41, 5.74) is 0.184. The molecule has 148 valence electrons. The molecule has 0 aliphatic rings. The summed E-state index contributed by atoms with van der Waals surface area (Å²) in [6, 6.07) is 17.1. The number of nitrogens with one attached hydrogen (secondary N) is 1. The van der Waals surface area contributed by atoms with E-state index in [9.17, 15) is 9.59 Å². The summed E-state index contributed by atoms with van der Waals surface area (Å²) in [7, 11) is 0. The zero-order valence-corrected chi connectivity index (χ0v) is 15.7. The number of allylic oxidation sites excluding steroid dienone is 1. The maximum absolute atomic E-state index is 11.8. The zero-order valence-electron chi connectivity index (χ0n) is 15.7. The molecule has 0 saturated carbocycles. The van der Waals surface area contributed by atoms with Crippen molar-refractivity contribution in [2.24, 2.45) is 0 Å². The minimum absolute atomic E-state index is 0.113. The van der Waals surface area contributed by atoms with Gasteiger partial charge in [0.05, 0.1) is 24.2 Å². The fourth-order valence-electron chi connectivity index (χ4n) is 2.59. The molecular weight excluding hydrogens is 384 g/mol. The topological polar surface area (TPSA) is 121 Å². The van der Waals surface area contributed by atoms with Gasteiger partial charge in [-0.15, -0.1) is 0 Å². The lowest BCUT2D eigenvalue weighted by atomic mass is 10.2. The largest absolute Gasteiger partial charge is 0.488 e. The molecule has 0 radical (unpaired) electrons. The highest BCUT2D eigenvalue weighted by Gasteiger charge is 2.09. The minimum Gasteiger partial charge on any atom is -0.488 e. The molecule has 1 N–H and O–H groups in total. The van der Waals surface area contributed by atoms with Crippen LogP contribution < -0.4 is 20.7 Å². The van der Waals surface area contributed by atoms with Crippen molar-refractivity contribution in [1.29, 1.82) is 10.5 Å². The molecule has 0 fully saturated rings. The molecule has 0 saturated heterocycles. The van der Waals surface area contributed by atoms with Crippen LogP contribution in [0.5, 0.6) is 17.2 Å². The number of aromatic nitrogens is 2. The summed E-state index contributed by atoms with van der Waals surface area (Å²) < 4.78 is 13.0. The third-order valence-corrected chi connectivity index (χ3v) is 4.00. The van der Waals surface area contributed by atoms with Gasteiger partial charge < -0.3 is 9.47 Å². The third-order valence-electron chi connectivity index (χ3n) is 4.00. The molecule has 8 nitrogen and oxygen atoms in total. The van der Waals surface area contributed by atoms with Crippen LogP contribution in [0.3, 0.4) is 0 Å². The van der Waals surface area contributed by atoms with Gasteiger partial charge in [0.1, 0.15) is 12.4 Å². The third kappa shape index (κ3) is 5.24. The van der Waals surface area contributed by atoms with Crippen molar-refractivity contribution < 1.29 is 9.47 Å². The summed E-state index contributed by atoms with van der Waals surface area (Å²) in [4.78, 5) is 25.1. The molecule has 0 amide bonds. The van der Waals surface area contributed by atoms with Crippen LogP contribution in [0, 0.1) is 22.7 Å². The molecule has 3 aromatic rings. The van der Waals surface area contributed by atoms with Crippen molar-refractivity contribution in [3.8, 4) is 29.4 Å². The molecule has 1 aromatic heterocycles. The van der Waals surface area contributed by atoms with Gasteiger partial charge in [0.25, 0.3) is 5.56 Å². The first kappa shape index (κ1) is 20.2. The SMILES string of the molecule is N#C/C=C/c1cccc(Oc2ccc(C#N)cc2OCCn2ccc(=O)[nH]c2=O)c1. The van der Waals surface area contributed by atoms with E-state index in [4.69, 9.17) is 20.0 Å². The number of hydrogen-bond acceptors (Lipinski definition) is 6. The second-order valence-corrected chi connectivity index (χ2v) is 6.06. The second-order valence-electron chi connectivity index (χ2n) is 6.06. The summed E-state index contributed by atoms with van der Waals surface area (Å²) in [5, 5.41) is 17.8. The average molecular weight is 400 g/mol. The highest BCUT2D eigenvalue weighted by molar-refractivity contribution is 5.55. The van der Waals surface area contributed by atoms with E-state index in [0.717, 1.165) is 5.56 Å². The lowest BCUT2D eigenvalue weighted by Crippen LogP contribution is -2.30. The molecule has 0 atom stereocenters. The first-order valence-electron chi connectivity index (χ1n) is 8.90. The van der Waals surface area contributed by atoms with E-state index < -0.39 is 11.2 Å². The number of hydrogen-bond donors (Lipinski definition) is 1. The number of aromatic amines is 1. The van der Waals surface area contributed by atoms with Crippen LogP contribution in [0.15, 0.2) is 70.4 Å². The van der Waals surface area contributed by atoms with Crippen LogP contribution in [0.2, 0.25) is 0 Å². The predicted octanol–water partition coefficient (Wildman–Crippen LogP) is 2.82. The Morgan fingerprint density at radius 1 is 1.07 bits per heavy atom. The van der Waals surface area contributed by atoms with E-state index in [-0.39, 0.29) is 13.2 Å². The highest BCUT2D eigenvalue weighted by Crippen LogP contribution is 2.33. The van der Waals surface area contributed by atoms with Gasteiger partial charge in [0, 0.05) is 24.4 Å². The molecule has 0 unspecified atom stereocenters. The average Bonchev–Trinajstić information content (AvgIpc) is 2.75. The Morgan fingerprint density at radius 3 is 2.70 bits per heavy atom. The highest BCUT2D eigenvalue weighted by atomic mass is 16.5. The van der Waals surface area contributed by atoms with Crippen LogP contribution in [0.4, 0.5) is 0 Å². The molecule has 1 heterocycles. The lowest BCUT2D eigenvalue weighted by molar-refractivity contribution is 0.283. The van der Waals surface area contributed by atoms with E-state index in [2.05, 4.69) is 4.98 Å². The molecule has 2 aromatic carbocycles.